The summed E-state index contributed by atoms with van der Waals surface area (Å²) in [4.78, 5) is 17.9. The number of carbonyl (C=O) groups is 1. The van der Waals surface area contributed by atoms with Crippen LogP contribution >= 0.6 is 0 Å². The van der Waals surface area contributed by atoms with Crippen molar-refractivity contribution in [3.63, 3.8) is 0 Å². The first-order valence-electron chi connectivity index (χ1n) is 5.75. The fourth-order valence-electron chi connectivity index (χ4n) is 1.89. The lowest BCUT2D eigenvalue weighted by Crippen LogP contribution is -2.35. The van der Waals surface area contributed by atoms with Gasteiger partial charge >= 0.3 is 5.97 Å². The van der Waals surface area contributed by atoms with Gasteiger partial charge in [-0.3, -0.25) is 4.98 Å². The monoisotopic (exact) mass is 235 g/mol. The Morgan fingerprint density at radius 2 is 2.18 bits per heavy atom. The van der Waals surface area contributed by atoms with Crippen molar-refractivity contribution in [3.05, 3.63) is 24.0 Å². The standard InChI is InChI=1S/C12H17N3O2/c1-15-4-2-11(3-5-15)17-12(16)9-6-10(13)8-14-7-9/h6-8,11H,2-5,13H2,1H3. The van der Waals surface area contributed by atoms with Crippen molar-refractivity contribution in [1.29, 1.82) is 0 Å². The van der Waals surface area contributed by atoms with E-state index in [0.717, 1.165) is 25.9 Å². The Balaban J connectivity index is 1.93. The van der Waals surface area contributed by atoms with Crippen molar-refractivity contribution >= 4 is 11.7 Å². The minimum Gasteiger partial charge on any atom is -0.459 e. The quantitative estimate of drug-likeness (QED) is 0.772. The Morgan fingerprint density at radius 3 is 2.82 bits per heavy atom. The van der Waals surface area contributed by atoms with Gasteiger partial charge in [0.1, 0.15) is 6.10 Å². The number of pyridine rings is 1. The molecule has 0 unspecified atom stereocenters. The van der Waals surface area contributed by atoms with E-state index in [1.54, 1.807) is 6.07 Å². The molecule has 0 aliphatic carbocycles. The number of aromatic nitrogens is 1. The predicted molar refractivity (Wildman–Crippen MR) is 64.6 cm³/mol. The molecule has 0 amide bonds. The number of nitrogens with zero attached hydrogens (tertiary/aromatic N) is 2. The van der Waals surface area contributed by atoms with Crippen LogP contribution < -0.4 is 5.73 Å². The highest BCUT2D eigenvalue weighted by molar-refractivity contribution is 5.90. The van der Waals surface area contributed by atoms with Crippen LogP contribution in [-0.4, -0.2) is 42.1 Å². The zero-order valence-corrected chi connectivity index (χ0v) is 9.93. The molecule has 1 aliphatic rings. The SMILES string of the molecule is CN1CCC(OC(=O)c2cncc(N)c2)CC1. The van der Waals surface area contributed by atoms with Gasteiger partial charge in [0, 0.05) is 25.5 Å². The third-order valence-corrected chi connectivity index (χ3v) is 2.93. The van der Waals surface area contributed by atoms with E-state index in [2.05, 4.69) is 16.9 Å². The van der Waals surface area contributed by atoms with Gasteiger partial charge in [-0.25, -0.2) is 4.79 Å². The number of anilines is 1. The molecule has 2 heterocycles. The molecule has 17 heavy (non-hydrogen) atoms. The Kier molecular flexibility index (Phi) is 3.58. The van der Waals surface area contributed by atoms with Gasteiger partial charge in [0.25, 0.3) is 0 Å². The van der Waals surface area contributed by atoms with Crippen LogP contribution in [0.1, 0.15) is 23.2 Å². The molecule has 5 nitrogen and oxygen atoms in total. The molecule has 1 aromatic rings. The minimum absolute atomic E-state index is 0.0140. The topological polar surface area (TPSA) is 68.5 Å². The lowest BCUT2D eigenvalue weighted by Gasteiger charge is -2.28. The van der Waals surface area contributed by atoms with Crippen molar-refractivity contribution in [3.8, 4) is 0 Å². The summed E-state index contributed by atoms with van der Waals surface area (Å²) < 4.78 is 5.42. The number of hydrogen-bond acceptors (Lipinski definition) is 5. The van der Waals surface area contributed by atoms with E-state index >= 15 is 0 Å². The third kappa shape index (κ3) is 3.17. The number of rotatable bonds is 2. The number of nitrogen functional groups attached to an aromatic ring is 1. The molecule has 92 valence electrons. The largest absolute Gasteiger partial charge is 0.459 e. The van der Waals surface area contributed by atoms with Crippen LogP contribution in [0.2, 0.25) is 0 Å². The van der Waals surface area contributed by atoms with Gasteiger partial charge in [-0.1, -0.05) is 0 Å². The number of nitrogens with two attached hydrogens (primary N) is 1. The van der Waals surface area contributed by atoms with Crippen molar-refractivity contribution in [2.24, 2.45) is 0 Å². The van der Waals surface area contributed by atoms with Crippen LogP contribution in [0.3, 0.4) is 0 Å². The summed E-state index contributed by atoms with van der Waals surface area (Å²) in [6.45, 7) is 1.93. The van der Waals surface area contributed by atoms with Gasteiger partial charge in [-0.05, 0) is 26.0 Å². The molecule has 0 radical (unpaired) electrons. The number of carbonyl (C=O) groups excluding carboxylic acids is 1. The van der Waals surface area contributed by atoms with Gasteiger partial charge in [-0.2, -0.15) is 0 Å². The van der Waals surface area contributed by atoms with Crippen LogP contribution in [-0.2, 0) is 4.74 Å². The third-order valence-electron chi connectivity index (χ3n) is 2.93. The normalized spacial score (nSPS) is 17.9. The fourth-order valence-corrected chi connectivity index (χ4v) is 1.89. The smallest absolute Gasteiger partial charge is 0.340 e. The summed E-state index contributed by atoms with van der Waals surface area (Å²) in [5, 5.41) is 0. The summed E-state index contributed by atoms with van der Waals surface area (Å²) in [6.07, 6.45) is 4.77. The molecule has 1 saturated heterocycles. The van der Waals surface area contributed by atoms with Crippen molar-refractivity contribution < 1.29 is 9.53 Å². The maximum Gasteiger partial charge on any atom is 0.340 e. The number of likely N-dealkylation sites (tertiary alicyclic amines) is 1. The number of hydrogen-bond donors (Lipinski definition) is 1. The molecule has 1 aromatic heterocycles. The summed E-state index contributed by atoms with van der Waals surface area (Å²) in [5.74, 6) is -0.334. The Labute approximate surface area is 101 Å². The van der Waals surface area contributed by atoms with Gasteiger partial charge in [0.2, 0.25) is 0 Å². The van der Waals surface area contributed by atoms with Crippen LogP contribution in [0, 0.1) is 0 Å². The first-order valence-corrected chi connectivity index (χ1v) is 5.75. The van der Waals surface area contributed by atoms with Gasteiger partial charge < -0.3 is 15.4 Å². The molecule has 0 bridgehead atoms. The predicted octanol–water partition coefficient (Wildman–Crippen LogP) is 0.915. The second-order valence-corrected chi connectivity index (χ2v) is 4.41. The van der Waals surface area contributed by atoms with E-state index in [9.17, 15) is 4.79 Å². The summed E-state index contributed by atoms with van der Waals surface area (Å²) in [7, 11) is 2.07. The first-order chi connectivity index (χ1) is 8.15. The maximum atomic E-state index is 11.8. The molecule has 2 rings (SSSR count). The molecule has 1 aliphatic heterocycles. The second-order valence-electron chi connectivity index (χ2n) is 4.41. The fraction of sp³-hybridized carbons (Fsp3) is 0.500. The zero-order valence-electron chi connectivity index (χ0n) is 9.93. The highest BCUT2D eigenvalue weighted by atomic mass is 16.5. The molecule has 2 N–H and O–H groups in total. The molecule has 0 spiro atoms. The van der Waals surface area contributed by atoms with E-state index < -0.39 is 0 Å². The van der Waals surface area contributed by atoms with Crippen molar-refractivity contribution in [1.82, 2.24) is 9.88 Å². The van der Waals surface area contributed by atoms with Gasteiger partial charge in [0.05, 0.1) is 11.3 Å². The number of piperidine rings is 1. The Hall–Kier alpha value is -1.62. The van der Waals surface area contributed by atoms with Crippen molar-refractivity contribution in [2.45, 2.75) is 18.9 Å². The maximum absolute atomic E-state index is 11.8. The van der Waals surface area contributed by atoms with Crippen LogP contribution in [0.15, 0.2) is 18.5 Å². The average molecular weight is 235 g/mol. The van der Waals surface area contributed by atoms with Crippen molar-refractivity contribution in [2.75, 3.05) is 25.9 Å². The Bertz CT molecular complexity index is 400. The van der Waals surface area contributed by atoms with E-state index in [-0.39, 0.29) is 12.1 Å². The van der Waals surface area contributed by atoms with Crippen LogP contribution in [0.4, 0.5) is 5.69 Å². The molecule has 0 atom stereocenters. The Morgan fingerprint density at radius 1 is 1.47 bits per heavy atom. The summed E-state index contributed by atoms with van der Waals surface area (Å²) >= 11 is 0. The van der Waals surface area contributed by atoms with Gasteiger partial charge in [0.15, 0.2) is 0 Å². The number of esters is 1. The summed E-state index contributed by atoms with van der Waals surface area (Å²) in [5.41, 5.74) is 6.47. The lowest BCUT2D eigenvalue weighted by atomic mass is 10.1. The van der Waals surface area contributed by atoms with Gasteiger partial charge in [-0.15, -0.1) is 0 Å². The second kappa shape index (κ2) is 5.14. The number of ether oxygens (including phenoxy) is 1. The minimum atomic E-state index is -0.334. The molecule has 1 fully saturated rings. The highest BCUT2D eigenvalue weighted by Crippen LogP contribution is 2.15. The zero-order chi connectivity index (χ0) is 12.3. The van der Waals surface area contributed by atoms with E-state index in [1.165, 1.54) is 12.4 Å². The molecule has 0 saturated carbocycles. The molecule has 5 heteroatoms. The van der Waals surface area contributed by atoms with Crippen LogP contribution in [0.25, 0.3) is 0 Å². The molecular formula is C12H17N3O2. The highest BCUT2D eigenvalue weighted by Gasteiger charge is 2.21. The first kappa shape index (κ1) is 11.9. The average Bonchev–Trinajstić information content (AvgIpc) is 2.32. The summed E-state index contributed by atoms with van der Waals surface area (Å²) in [6, 6.07) is 1.59. The van der Waals surface area contributed by atoms with E-state index in [0.29, 0.717) is 11.3 Å². The lowest BCUT2D eigenvalue weighted by molar-refractivity contribution is 0.0139. The van der Waals surface area contributed by atoms with Crippen LogP contribution in [0.5, 0.6) is 0 Å². The molecular weight excluding hydrogens is 218 g/mol. The molecule has 0 aromatic carbocycles. The van der Waals surface area contributed by atoms with E-state index in [1.807, 2.05) is 0 Å². The van der Waals surface area contributed by atoms with E-state index in [4.69, 9.17) is 10.5 Å².